The van der Waals surface area contributed by atoms with Crippen LogP contribution in [0.1, 0.15) is 13.3 Å². The van der Waals surface area contributed by atoms with Crippen molar-refractivity contribution in [1.29, 1.82) is 0 Å². The quantitative estimate of drug-likeness (QED) is 0.788. The van der Waals surface area contributed by atoms with E-state index in [1.54, 1.807) is 24.2 Å². The number of thioether (sulfide) groups is 1. The summed E-state index contributed by atoms with van der Waals surface area (Å²) in [6.45, 7) is 2.29. The molecule has 0 amide bonds. The van der Waals surface area contributed by atoms with Gasteiger partial charge in [0, 0.05) is 29.1 Å². The first kappa shape index (κ1) is 10.8. The van der Waals surface area contributed by atoms with Gasteiger partial charge in [0.1, 0.15) is 0 Å². The lowest BCUT2D eigenvalue weighted by Crippen LogP contribution is -1.99. The number of aromatic nitrogens is 1. The van der Waals surface area contributed by atoms with E-state index in [4.69, 9.17) is 16.7 Å². The SMILES string of the molecule is CC(CCO)Sc1ccncc1Cl. The first-order valence-electron chi connectivity index (χ1n) is 4.11. The molecule has 1 heterocycles. The lowest BCUT2D eigenvalue weighted by Gasteiger charge is -2.09. The first-order chi connectivity index (χ1) is 6.24. The third-order valence-corrected chi connectivity index (χ3v) is 3.26. The fourth-order valence-corrected chi connectivity index (χ4v) is 2.13. The monoisotopic (exact) mass is 217 g/mol. The largest absolute Gasteiger partial charge is 0.396 e. The topological polar surface area (TPSA) is 33.1 Å². The molecule has 0 saturated heterocycles. The van der Waals surface area contributed by atoms with Gasteiger partial charge in [-0.25, -0.2) is 0 Å². The summed E-state index contributed by atoms with van der Waals surface area (Å²) in [4.78, 5) is 4.93. The van der Waals surface area contributed by atoms with Gasteiger partial charge >= 0.3 is 0 Å². The minimum atomic E-state index is 0.219. The van der Waals surface area contributed by atoms with E-state index in [1.807, 2.05) is 6.07 Å². The summed E-state index contributed by atoms with van der Waals surface area (Å²) in [5, 5.41) is 9.78. The number of aliphatic hydroxyl groups is 1. The van der Waals surface area contributed by atoms with E-state index < -0.39 is 0 Å². The third-order valence-electron chi connectivity index (χ3n) is 1.60. The standard InChI is InChI=1S/C9H12ClNOS/c1-7(3-5-12)13-9-2-4-11-6-8(9)10/h2,4,6-7,12H,3,5H2,1H3. The van der Waals surface area contributed by atoms with Crippen molar-refractivity contribution in [3.05, 3.63) is 23.5 Å². The Bertz CT molecular complexity index is 270. The van der Waals surface area contributed by atoms with E-state index in [0.29, 0.717) is 10.3 Å². The van der Waals surface area contributed by atoms with Gasteiger partial charge in [-0.05, 0) is 12.5 Å². The van der Waals surface area contributed by atoms with Crippen LogP contribution in [-0.2, 0) is 0 Å². The molecule has 0 radical (unpaired) electrons. The number of aliphatic hydroxyl groups excluding tert-OH is 1. The van der Waals surface area contributed by atoms with Gasteiger partial charge in [0.15, 0.2) is 0 Å². The van der Waals surface area contributed by atoms with Gasteiger partial charge in [0.2, 0.25) is 0 Å². The molecule has 1 aromatic rings. The summed E-state index contributed by atoms with van der Waals surface area (Å²) >= 11 is 7.59. The molecule has 1 rings (SSSR count). The smallest absolute Gasteiger partial charge is 0.0725 e. The van der Waals surface area contributed by atoms with Crippen LogP contribution in [0.4, 0.5) is 0 Å². The second kappa shape index (κ2) is 5.47. The van der Waals surface area contributed by atoms with E-state index >= 15 is 0 Å². The highest BCUT2D eigenvalue weighted by atomic mass is 35.5. The zero-order chi connectivity index (χ0) is 9.68. The minimum Gasteiger partial charge on any atom is -0.396 e. The number of halogens is 1. The molecule has 2 nitrogen and oxygen atoms in total. The highest BCUT2D eigenvalue weighted by Gasteiger charge is 2.06. The number of pyridine rings is 1. The van der Waals surface area contributed by atoms with E-state index in [1.165, 1.54) is 0 Å². The van der Waals surface area contributed by atoms with Crippen LogP contribution >= 0.6 is 23.4 Å². The number of nitrogens with zero attached hydrogens (tertiary/aromatic N) is 1. The zero-order valence-corrected chi connectivity index (χ0v) is 8.98. The van der Waals surface area contributed by atoms with Crippen molar-refractivity contribution < 1.29 is 5.11 Å². The van der Waals surface area contributed by atoms with Crippen LogP contribution in [0.5, 0.6) is 0 Å². The van der Waals surface area contributed by atoms with Crippen molar-refractivity contribution >= 4 is 23.4 Å². The Morgan fingerprint density at radius 3 is 3.08 bits per heavy atom. The summed E-state index contributed by atoms with van der Waals surface area (Å²) in [5.74, 6) is 0. The van der Waals surface area contributed by atoms with Crippen molar-refractivity contribution in [3.63, 3.8) is 0 Å². The second-order valence-electron chi connectivity index (χ2n) is 2.75. The minimum absolute atomic E-state index is 0.219. The molecule has 1 aromatic heterocycles. The second-order valence-corrected chi connectivity index (χ2v) is 4.63. The molecular formula is C9H12ClNOS. The van der Waals surface area contributed by atoms with Crippen molar-refractivity contribution in [2.75, 3.05) is 6.61 Å². The van der Waals surface area contributed by atoms with Crippen molar-refractivity contribution in [2.45, 2.75) is 23.5 Å². The highest BCUT2D eigenvalue weighted by Crippen LogP contribution is 2.30. The van der Waals surface area contributed by atoms with Gasteiger partial charge in [-0.2, -0.15) is 0 Å². The zero-order valence-electron chi connectivity index (χ0n) is 7.40. The average Bonchev–Trinajstić information content (AvgIpc) is 2.09. The van der Waals surface area contributed by atoms with E-state index in [9.17, 15) is 0 Å². The Kier molecular flexibility index (Phi) is 4.56. The van der Waals surface area contributed by atoms with Crippen LogP contribution < -0.4 is 0 Å². The van der Waals surface area contributed by atoms with Crippen molar-refractivity contribution in [2.24, 2.45) is 0 Å². The number of hydrogen-bond donors (Lipinski definition) is 1. The summed E-state index contributed by atoms with van der Waals surface area (Å²) in [6.07, 6.45) is 4.14. The van der Waals surface area contributed by atoms with Gasteiger partial charge in [0.25, 0.3) is 0 Å². The Labute approximate surface area is 87.3 Å². The lowest BCUT2D eigenvalue weighted by molar-refractivity contribution is 0.289. The van der Waals surface area contributed by atoms with Crippen LogP contribution in [0.15, 0.2) is 23.4 Å². The first-order valence-corrected chi connectivity index (χ1v) is 5.37. The molecule has 0 bridgehead atoms. The Hall–Kier alpha value is -0.250. The molecule has 0 spiro atoms. The van der Waals surface area contributed by atoms with Gasteiger partial charge in [-0.1, -0.05) is 18.5 Å². The van der Waals surface area contributed by atoms with Crippen LogP contribution in [-0.4, -0.2) is 21.9 Å². The molecule has 0 saturated carbocycles. The molecule has 0 aliphatic heterocycles. The maximum Gasteiger partial charge on any atom is 0.0725 e. The van der Waals surface area contributed by atoms with Crippen LogP contribution in [0, 0.1) is 0 Å². The fraction of sp³-hybridized carbons (Fsp3) is 0.444. The Morgan fingerprint density at radius 2 is 2.46 bits per heavy atom. The molecule has 4 heteroatoms. The Balaban J connectivity index is 2.58. The fourth-order valence-electron chi connectivity index (χ4n) is 0.915. The molecule has 0 aromatic carbocycles. The maximum atomic E-state index is 8.73. The number of rotatable bonds is 4. The normalized spacial score (nSPS) is 12.8. The van der Waals surface area contributed by atoms with Gasteiger partial charge in [-0.15, -0.1) is 11.8 Å². The predicted molar refractivity (Wildman–Crippen MR) is 56.3 cm³/mol. The molecule has 1 N–H and O–H groups in total. The summed E-state index contributed by atoms with van der Waals surface area (Å²) in [7, 11) is 0. The van der Waals surface area contributed by atoms with Crippen LogP contribution in [0.2, 0.25) is 5.02 Å². The van der Waals surface area contributed by atoms with Crippen molar-refractivity contribution in [3.8, 4) is 0 Å². The van der Waals surface area contributed by atoms with Gasteiger partial charge in [-0.3, -0.25) is 4.98 Å². The molecule has 1 atom stereocenters. The molecule has 0 aliphatic carbocycles. The van der Waals surface area contributed by atoms with Crippen LogP contribution in [0.3, 0.4) is 0 Å². The van der Waals surface area contributed by atoms with Gasteiger partial charge < -0.3 is 5.11 Å². The lowest BCUT2D eigenvalue weighted by atomic mass is 10.3. The van der Waals surface area contributed by atoms with Crippen LogP contribution in [0.25, 0.3) is 0 Å². The van der Waals surface area contributed by atoms with Crippen molar-refractivity contribution in [1.82, 2.24) is 4.98 Å². The summed E-state index contributed by atoms with van der Waals surface area (Å²) < 4.78 is 0. The molecule has 1 unspecified atom stereocenters. The number of hydrogen-bond acceptors (Lipinski definition) is 3. The van der Waals surface area contributed by atoms with Gasteiger partial charge in [0.05, 0.1) is 5.02 Å². The third kappa shape index (κ3) is 3.55. The molecule has 0 fully saturated rings. The van der Waals surface area contributed by atoms with E-state index in [2.05, 4.69) is 11.9 Å². The average molecular weight is 218 g/mol. The highest BCUT2D eigenvalue weighted by molar-refractivity contribution is 8.00. The summed E-state index contributed by atoms with van der Waals surface area (Å²) in [5.41, 5.74) is 0. The predicted octanol–water partition coefficient (Wildman–Crippen LogP) is 2.60. The molecule has 72 valence electrons. The maximum absolute atomic E-state index is 8.73. The van der Waals surface area contributed by atoms with E-state index in [0.717, 1.165) is 11.3 Å². The molecular weight excluding hydrogens is 206 g/mol. The summed E-state index contributed by atoms with van der Waals surface area (Å²) in [6, 6.07) is 1.89. The molecule has 13 heavy (non-hydrogen) atoms. The molecule has 0 aliphatic rings. The Morgan fingerprint density at radius 1 is 1.69 bits per heavy atom. The van der Waals surface area contributed by atoms with E-state index in [-0.39, 0.29) is 6.61 Å².